The number of carbonyl (C=O) groups excluding carboxylic acids is 2. The van der Waals surface area contributed by atoms with Crippen LogP contribution in [0.25, 0.3) is 0 Å². The van der Waals surface area contributed by atoms with Crippen LogP contribution in [-0.2, 0) is 16.0 Å². The molecular formula is C7H10N4O2. The van der Waals surface area contributed by atoms with E-state index in [0.29, 0.717) is 12.1 Å². The molecule has 6 heteroatoms. The third-order valence-corrected chi connectivity index (χ3v) is 1.57. The number of hydrogen-bond donors (Lipinski definition) is 2. The van der Waals surface area contributed by atoms with Gasteiger partial charge in [0, 0.05) is 12.6 Å². The number of amides is 1. The summed E-state index contributed by atoms with van der Waals surface area (Å²) in [4.78, 5) is 24.7. The Morgan fingerprint density at radius 3 is 2.92 bits per heavy atom. The minimum atomic E-state index is -0.755. The molecule has 1 aromatic heterocycles. The molecule has 13 heavy (non-hydrogen) atoms. The molecule has 0 aliphatic heterocycles. The van der Waals surface area contributed by atoms with Gasteiger partial charge in [-0.05, 0) is 0 Å². The predicted octanol–water partition coefficient (Wildman–Crippen LogP) is -1.72. The van der Waals surface area contributed by atoms with Crippen LogP contribution < -0.4 is 11.5 Å². The van der Waals surface area contributed by atoms with Gasteiger partial charge in [0.2, 0.25) is 12.3 Å². The molecule has 1 rings (SSSR count). The predicted molar refractivity (Wildman–Crippen MR) is 45.2 cm³/mol. The Balaban J connectivity index is 2.63. The second-order valence-electron chi connectivity index (χ2n) is 2.63. The Kier molecular flexibility index (Phi) is 2.76. The molecule has 70 valence electrons. The van der Waals surface area contributed by atoms with Crippen LogP contribution in [0.3, 0.4) is 0 Å². The standard InChI is InChI=1S/C7H10N4O2/c8-6(7(9)13)1-5-2-11(4-12)3-10-5/h2-4,6H,1,8H2,(H2,9,13)/t6-/m0/s1. The molecule has 0 aliphatic rings. The van der Waals surface area contributed by atoms with Crippen molar-refractivity contribution in [1.82, 2.24) is 9.55 Å². The molecule has 1 aromatic rings. The monoisotopic (exact) mass is 182 g/mol. The van der Waals surface area contributed by atoms with Crippen LogP contribution in [-0.4, -0.2) is 27.9 Å². The first-order valence-electron chi connectivity index (χ1n) is 3.66. The van der Waals surface area contributed by atoms with E-state index in [1.807, 2.05) is 0 Å². The first kappa shape index (κ1) is 9.40. The average Bonchev–Trinajstić information content (AvgIpc) is 2.52. The van der Waals surface area contributed by atoms with E-state index < -0.39 is 11.9 Å². The van der Waals surface area contributed by atoms with Crippen molar-refractivity contribution in [3.63, 3.8) is 0 Å². The van der Waals surface area contributed by atoms with Crippen LogP contribution in [0.15, 0.2) is 12.5 Å². The lowest BCUT2D eigenvalue weighted by Gasteiger charge is -2.02. The second-order valence-corrected chi connectivity index (χ2v) is 2.63. The van der Waals surface area contributed by atoms with Gasteiger partial charge in [0.25, 0.3) is 0 Å². The first-order chi connectivity index (χ1) is 6.13. The van der Waals surface area contributed by atoms with E-state index in [4.69, 9.17) is 11.5 Å². The normalized spacial score (nSPS) is 12.4. The van der Waals surface area contributed by atoms with E-state index in [1.165, 1.54) is 17.1 Å². The molecule has 4 N–H and O–H groups in total. The number of imidazole rings is 1. The van der Waals surface area contributed by atoms with Crippen LogP contribution in [0.1, 0.15) is 5.69 Å². The molecule has 0 saturated carbocycles. The number of nitrogens with two attached hydrogens (primary N) is 2. The van der Waals surface area contributed by atoms with E-state index in [1.54, 1.807) is 0 Å². The highest BCUT2D eigenvalue weighted by Crippen LogP contribution is 1.97. The lowest BCUT2D eigenvalue weighted by Crippen LogP contribution is -2.38. The van der Waals surface area contributed by atoms with Crippen molar-refractivity contribution in [2.75, 3.05) is 0 Å². The highest BCUT2D eigenvalue weighted by atomic mass is 16.1. The van der Waals surface area contributed by atoms with Crippen molar-refractivity contribution in [3.05, 3.63) is 18.2 Å². The van der Waals surface area contributed by atoms with E-state index in [0.717, 1.165) is 0 Å². The zero-order valence-corrected chi connectivity index (χ0v) is 6.88. The third kappa shape index (κ3) is 2.38. The Labute approximate surface area is 74.5 Å². The fourth-order valence-corrected chi connectivity index (χ4v) is 0.869. The Hall–Kier alpha value is -1.69. The van der Waals surface area contributed by atoms with Gasteiger partial charge >= 0.3 is 0 Å². The summed E-state index contributed by atoms with van der Waals surface area (Å²) in [6, 6.07) is -0.755. The van der Waals surface area contributed by atoms with Crippen molar-refractivity contribution >= 4 is 12.3 Å². The van der Waals surface area contributed by atoms with Crippen molar-refractivity contribution < 1.29 is 9.59 Å². The number of carbonyl (C=O) groups is 2. The summed E-state index contributed by atoms with van der Waals surface area (Å²) in [5.41, 5.74) is 10.9. The van der Waals surface area contributed by atoms with Gasteiger partial charge in [-0.2, -0.15) is 0 Å². The lowest BCUT2D eigenvalue weighted by atomic mass is 10.2. The molecule has 0 unspecified atom stereocenters. The topological polar surface area (TPSA) is 104 Å². The number of aromatic nitrogens is 2. The molecule has 0 fully saturated rings. The minimum absolute atomic E-state index is 0.246. The largest absolute Gasteiger partial charge is 0.368 e. The average molecular weight is 182 g/mol. The smallest absolute Gasteiger partial charge is 0.234 e. The van der Waals surface area contributed by atoms with E-state index >= 15 is 0 Å². The molecule has 1 heterocycles. The summed E-state index contributed by atoms with van der Waals surface area (Å²) in [7, 11) is 0. The number of rotatable bonds is 4. The van der Waals surface area contributed by atoms with E-state index in [9.17, 15) is 9.59 Å². The zero-order chi connectivity index (χ0) is 9.84. The highest BCUT2D eigenvalue weighted by Gasteiger charge is 2.11. The van der Waals surface area contributed by atoms with Gasteiger partial charge in [-0.25, -0.2) is 4.98 Å². The van der Waals surface area contributed by atoms with Gasteiger partial charge in [0.15, 0.2) is 0 Å². The maximum absolute atomic E-state index is 10.6. The van der Waals surface area contributed by atoms with Crippen LogP contribution in [0, 0.1) is 0 Å². The maximum atomic E-state index is 10.6. The third-order valence-electron chi connectivity index (χ3n) is 1.57. The van der Waals surface area contributed by atoms with Gasteiger partial charge in [0.1, 0.15) is 6.33 Å². The molecule has 0 saturated heterocycles. The van der Waals surface area contributed by atoms with Crippen LogP contribution in [0.5, 0.6) is 0 Å². The molecule has 6 nitrogen and oxygen atoms in total. The number of hydrogen-bond acceptors (Lipinski definition) is 4. The Morgan fingerprint density at radius 2 is 2.46 bits per heavy atom. The van der Waals surface area contributed by atoms with Crippen LogP contribution in [0.2, 0.25) is 0 Å². The lowest BCUT2D eigenvalue weighted by molar-refractivity contribution is -0.119. The number of nitrogens with zero attached hydrogens (tertiary/aromatic N) is 2. The van der Waals surface area contributed by atoms with Gasteiger partial charge in [0.05, 0.1) is 11.7 Å². The number of primary amides is 1. The maximum Gasteiger partial charge on any atom is 0.234 e. The van der Waals surface area contributed by atoms with Gasteiger partial charge in [-0.15, -0.1) is 0 Å². The Bertz CT molecular complexity index is 320. The van der Waals surface area contributed by atoms with Crippen LogP contribution in [0.4, 0.5) is 0 Å². The Morgan fingerprint density at radius 1 is 1.77 bits per heavy atom. The molecule has 1 amide bonds. The summed E-state index contributed by atoms with van der Waals surface area (Å²) >= 11 is 0. The molecule has 0 aliphatic carbocycles. The second kappa shape index (κ2) is 3.81. The molecular weight excluding hydrogens is 172 g/mol. The molecule has 0 aromatic carbocycles. The van der Waals surface area contributed by atoms with Crippen molar-refractivity contribution in [2.45, 2.75) is 12.5 Å². The quantitative estimate of drug-likeness (QED) is 0.540. The van der Waals surface area contributed by atoms with E-state index in [2.05, 4.69) is 4.98 Å². The summed E-state index contributed by atoms with van der Waals surface area (Å²) < 4.78 is 1.24. The summed E-state index contributed by atoms with van der Waals surface area (Å²) in [6.45, 7) is 0. The molecule has 1 atom stereocenters. The van der Waals surface area contributed by atoms with Crippen LogP contribution >= 0.6 is 0 Å². The molecule has 0 bridgehead atoms. The highest BCUT2D eigenvalue weighted by molar-refractivity contribution is 5.79. The van der Waals surface area contributed by atoms with E-state index in [-0.39, 0.29) is 6.42 Å². The fourth-order valence-electron chi connectivity index (χ4n) is 0.869. The van der Waals surface area contributed by atoms with Gasteiger partial charge in [-0.1, -0.05) is 0 Å². The SMILES string of the molecule is NC(=O)[C@@H](N)Cc1cn(C=O)cn1. The summed E-state index contributed by atoms with van der Waals surface area (Å²) in [5.74, 6) is -0.583. The minimum Gasteiger partial charge on any atom is -0.368 e. The summed E-state index contributed by atoms with van der Waals surface area (Å²) in [6.07, 6.45) is 3.69. The molecule has 0 radical (unpaired) electrons. The van der Waals surface area contributed by atoms with Gasteiger partial charge < -0.3 is 11.5 Å². The van der Waals surface area contributed by atoms with Gasteiger partial charge in [-0.3, -0.25) is 14.2 Å². The zero-order valence-electron chi connectivity index (χ0n) is 6.88. The fraction of sp³-hybridized carbons (Fsp3) is 0.286. The van der Waals surface area contributed by atoms with Crippen molar-refractivity contribution in [3.8, 4) is 0 Å². The van der Waals surface area contributed by atoms with Crippen molar-refractivity contribution in [2.24, 2.45) is 11.5 Å². The molecule has 0 spiro atoms. The van der Waals surface area contributed by atoms with Crippen molar-refractivity contribution in [1.29, 1.82) is 0 Å². The first-order valence-corrected chi connectivity index (χ1v) is 3.66. The summed E-state index contributed by atoms with van der Waals surface area (Å²) in [5, 5.41) is 0.